The van der Waals surface area contributed by atoms with Crippen LogP contribution >= 0.6 is 0 Å². The number of halogens is 1. The van der Waals surface area contributed by atoms with Crippen LogP contribution in [0.3, 0.4) is 0 Å². The van der Waals surface area contributed by atoms with Crippen LogP contribution in [0.2, 0.25) is 0 Å². The number of fused-ring (bicyclic) bond motifs is 1. The largest absolute Gasteiger partial charge is 0.205 e. The van der Waals surface area contributed by atoms with Gasteiger partial charge in [-0.1, -0.05) is 93.1 Å². The predicted octanol–water partition coefficient (Wildman–Crippen LogP) is 8.34. The summed E-state index contributed by atoms with van der Waals surface area (Å²) in [6.45, 7) is 4.39. The second-order valence-corrected chi connectivity index (χ2v) is 8.36. The molecule has 0 saturated heterocycles. The maximum absolute atomic E-state index is 15.1. The van der Waals surface area contributed by atoms with Crippen molar-refractivity contribution in [3.8, 4) is 23.0 Å². The lowest BCUT2D eigenvalue weighted by Gasteiger charge is -2.07. The molecule has 0 fully saturated rings. The van der Waals surface area contributed by atoms with E-state index in [0.717, 1.165) is 41.3 Å². The molecule has 0 amide bonds. The second-order valence-electron chi connectivity index (χ2n) is 8.36. The summed E-state index contributed by atoms with van der Waals surface area (Å²) in [4.78, 5) is 0. The van der Waals surface area contributed by atoms with Crippen molar-refractivity contribution < 1.29 is 4.39 Å². The van der Waals surface area contributed by atoms with E-state index in [2.05, 4.69) is 68.2 Å². The highest BCUT2D eigenvalue weighted by atomic mass is 19.1. The molecule has 160 valence electrons. The number of unbranched alkanes of at least 4 members (excludes halogenated alkanes) is 1. The molecule has 0 spiro atoms. The molecule has 0 aliphatic heterocycles. The standard InChI is InChI=1S/C31H29F/c1-3-5-7-24-8-10-25(11-9-24)14-17-27-18-19-29-22-28(20-21-30(29)31(27)32)26-15-12-23(6-4-2)13-16-26/h8-13,15-16,18-22H,3-7H2,1-2H3. The van der Waals surface area contributed by atoms with Gasteiger partial charge in [-0.25, -0.2) is 4.39 Å². The van der Waals surface area contributed by atoms with Crippen LogP contribution in [0.4, 0.5) is 4.39 Å². The molecule has 0 aliphatic rings. The number of hydrogen-bond acceptors (Lipinski definition) is 0. The van der Waals surface area contributed by atoms with E-state index >= 15 is 4.39 Å². The monoisotopic (exact) mass is 420 g/mol. The first-order valence-corrected chi connectivity index (χ1v) is 11.6. The molecule has 0 aliphatic carbocycles. The van der Waals surface area contributed by atoms with E-state index < -0.39 is 0 Å². The minimum Gasteiger partial charge on any atom is -0.205 e. The maximum Gasteiger partial charge on any atom is 0.146 e. The molecule has 4 aromatic carbocycles. The highest BCUT2D eigenvalue weighted by molar-refractivity contribution is 5.89. The minimum atomic E-state index is -0.251. The third-order valence-electron chi connectivity index (χ3n) is 5.89. The van der Waals surface area contributed by atoms with Crippen molar-refractivity contribution in [1.29, 1.82) is 0 Å². The number of aryl methyl sites for hydroxylation is 2. The zero-order valence-electron chi connectivity index (χ0n) is 18.9. The topological polar surface area (TPSA) is 0 Å². The summed E-state index contributed by atoms with van der Waals surface area (Å²) in [6.07, 6.45) is 5.71. The molecule has 0 unspecified atom stereocenters. The fraction of sp³-hybridized carbons (Fsp3) is 0.226. The van der Waals surface area contributed by atoms with Gasteiger partial charge in [0.1, 0.15) is 5.82 Å². The lowest BCUT2D eigenvalue weighted by atomic mass is 9.98. The molecule has 0 N–H and O–H groups in total. The highest BCUT2D eigenvalue weighted by Gasteiger charge is 2.07. The van der Waals surface area contributed by atoms with Gasteiger partial charge in [0.15, 0.2) is 0 Å². The Bertz CT molecular complexity index is 1250. The van der Waals surface area contributed by atoms with Crippen LogP contribution in [0.25, 0.3) is 21.9 Å². The van der Waals surface area contributed by atoms with Crippen molar-refractivity contribution in [3.05, 3.63) is 107 Å². The smallest absolute Gasteiger partial charge is 0.146 e. The molecule has 0 saturated carbocycles. The van der Waals surface area contributed by atoms with Crippen LogP contribution in [0.5, 0.6) is 0 Å². The van der Waals surface area contributed by atoms with E-state index in [4.69, 9.17) is 0 Å². The molecule has 0 atom stereocenters. The first-order chi connectivity index (χ1) is 15.7. The third-order valence-corrected chi connectivity index (χ3v) is 5.89. The SMILES string of the molecule is CCCCc1ccc(C#Cc2ccc3cc(-c4ccc(CCC)cc4)ccc3c2F)cc1. The fourth-order valence-corrected chi connectivity index (χ4v) is 4.00. The highest BCUT2D eigenvalue weighted by Crippen LogP contribution is 2.27. The molecule has 0 aromatic heterocycles. The van der Waals surface area contributed by atoms with Crippen molar-refractivity contribution in [2.24, 2.45) is 0 Å². The maximum atomic E-state index is 15.1. The lowest BCUT2D eigenvalue weighted by Crippen LogP contribution is -1.89. The summed E-state index contributed by atoms with van der Waals surface area (Å²) in [5.41, 5.74) is 6.27. The van der Waals surface area contributed by atoms with Gasteiger partial charge in [0.25, 0.3) is 0 Å². The molecule has 0 radical (unpaired) electrons. The van der Waals surface area contributed by atoms with Gasteiger partial charge in [-0.3, -0.25) is 0 Å². The van der Waals surface area contributed by atoms with Gasteiger partial charge >= 0.3 is 0 Å². The quantitative estimate of drug-likeness (QED) is 0.275. The average molecular weight is 421 g/mol. The third kappa shape index (κ3) is 5.09. The molecular weight excluding hydrogens is 391 g/mol. The van der Waals surface area contributed by atoms with E-state index in [9.17, 15) is 0 Å². The molecule has 4 rings (SSSR count). The van der Waals surface area contributed by atoms with E-state index in [-0.39, 0.29) is 5.82 Å². The summed E-state index contributed by atoms with van der Waals surface area (Å²) in [6, 6.07) is 26.6. The lowest BCUT2D eigenvalue weighted by molar-refractivity contribution is 0.636. The van der Waals surface area contributed by atoms with Gasteiger partial charge in [-0.2, -0.15) is 0 Å². The van der Waals surface area contributed by atoms with Gasteiger partial charge in [0.2, 0.25) is 0 Å². The van der Waals surface area contributed by atoms with Crippen molar-refractivity contribution in [3.63, 3.8) is 0 Å². The van der Waals surface area contributed by atoms with Gasteiger partial charge in [-0.15, -0.1) is 0 Å². The van der Waals surface area contributed by atoms with E-state index in [1.165, 1.54) is 24.0 Å². The Morgan fingerprint density at radius 3 is 2.06 bits per heavy atom. The van der Waals surface area contributed by atoms with Crippen LogP contribution in [0, 0.1) is 17.7 Å². The van der Waals surface area contributed by atoms with Crippen LogP contribution in [0.1, 0.15) is 55.4 Å². The Hall–Kier alpha value is -3.37. The summed E-state index contributed by atoms with van der Waals surface area (Å²) >= 11 is 0. The summed E-state index contributed by atoms with van der Waals surface area (Å²) in [5.74, 6) is 5.89. The van der Waals surface area contributed by atoms with Crippen LogP contribution in [0.15, 0.2) is 78.9 Å². The zero-order valence-corrected chi connectivity index (χ0v) is 18.9. The van der Waals surface area contributed by atoms with Crippen molar-refractivity contribution in [1.82, 2.24) is 0 Å². The Kier molecular flexibility index (Phi) is 7.03. The average Bonchev–Trinajstić information content (AvgIpc) is 2.83. The Balaban J connectivity index is 1.57. The van der Waals surface area contributed by atoms with E-state index in [1.807, 2.05) is 30.3 Å². The summed E-state index contributed by atoms with van der Waals surface area (Å²) in [5, 5.41) is 1.50. The molecular formula is C31H29F. The van der Waals surface area contributed by atoms with Gasteiger partial charge < -0.3 is 0 Å². The van der Waals surface area contributed by atoms with Crippen molar-refractivity contribution >= 4 is 10.8 Å². The molecule has 0 nitrogen and oxygen atoms in total. The first-order valence-electron chi connectivity index (χ1n) is 11.6. The van der Waals surface area contributed by atoms with Gasteiger partial charge in [-0.05, 0) is 71.2 Å². The predicted molar refractivity (Wildman–Crippen MR) is 134 cm³/mol. The Morgan fingerprint density at radius 2 is 1.34 bits per heavy atom. The van der Waals surface area contributed by atoms with Crippen molar-refractivity contribution in [2.75, 3.05) is 0 Å². The summed E-state index contributed by atoms with van der Waals surface area (Å²) < 4.78 is 15.1. The number of benzene rings is 4. The second kappa shape index (κ2) is 10.3. The van der Waals surface area contributed by atoms with E-state index in [1.54, 1.807) is 6.07 Å². The van der Waals surface area contributed by atoms with Crippen LogP contribution in [-0.4, -0.2) is 0 Å². The molecule has 0 heterocycles. The van der Waals surface area contributed by atoms with Crippen LogP contribution < -0.4 is 0 Å². The normalized spacial score (nSPS) is 10.7. The fourth-order valence-electron chi connectivity index (χ4n) is 4.00. The van der Waals surface area contributed by atoms with Gasteiger partial charge in [0, 0.05) is 10.9 Å². The zero-order chi connectivity index (χ0) is 22.3. The Labute approximate surface area is 191 Å². The van der Waals surface area contributed by atoms with Gasteiger partial charge in [0.05, 0.1) is 5.56 Å². The van der Waals surface area contributed by atoms with Crippen molar-refractivity contribution in [2.45, 2.75) is 46.0 Å². The molecule has 0 bridgehead atoms. The molecule has 4 aromatic rings. The summed E-state index contributed by atoms with van der Waals surface area (Å²) in [7, 11) is 0. The Morgan fingerprint density at radius 1 is 0.656 bits per heavy atom. The van der Waals surface area contributed by atoms with Crippen LogP contribution in [-0.2, 0) is 12.8 Å². The number of hydrogen-bond donors (Lipinski definition) is 0. The molecule has 32 heavy (non-hydrogen) atoms. The minimum absolute atomic E-state index is 0.251. The first kappa shape index (κ1) is 21.8. The molecule has 1 heteroatoms. The number of rotatable bonds is 6. The van der Waals surface area contributed by atoms with E-state index in [0.29, 0.717) is 10.9 Å².